The van der Waals surface area contributed by atoms with Gasteiger partial charge in [0.25, 0.3) is 5.92 Å². The molecule has 2 rings (SSSR count). The number of nitrogens with zero attached hydrogens (tertiary/aromatic N) is 4. The van der Waals surface area contributed by atoms with Crippen molar-refractivity contribution in [2.45, 2.75) is 18.8 Å². The lowest BCUT2D eigenvalue weighted by molar-refractivity contribution is -0.129. The molecule has 0 radical (unpaired) electrons. The summed E-state index contributed by atoms with van der Waals surface area (Å²) in [6, 6.07) is 0. The molecule has 0 aromatic carbocycles. The third-order valence-corrected chi connectivity index (χ3v) is 3.45. The van der Waals surface area contributed by atoms with E-state index in [0.29, 0.717) is 13.0 Å². The van der Waals surface area contributed by atoms with E-state index < -0.39 is 11.8 Å². The molecule has 1 heterocycles. The van der Waals surface area contributed by atoms with Crippen LogP contribution in [0, 0.1) is 11.8 Å². The summed E-state index contributed by atoms with van der Waals surface area (Å²) in [5, 5.41) is 3.15. The van der Waals surface area contributed by atoms with E-state index in [1.54, 1.807) is 0 Å². The van der Waals surface area contributed by atoms with Gasteiger partial charge in [-0.05, 0) is 17.9 Å². The number of alkyl halides is 2. The van der Waals surface area contributed by atoms with Crippen LogP contribution in [-0.2, 0) is 4.79 Å². The van der Waals surface area contributed by atoms with E-state index in [0.717, 1.165) is 0 Å². The van der Waals surface area contributed by atoms with Gasteiger partial charge < -0.3 is 4.90 Å². The van der Waals surface area contributed by atoms with Crippen LogP contribution in [0.25, 0.3) is 10.4 Å². The molecule has 1 aliphatic carbocycles. The Morgan fingerprint density at radius 1 is 1.56 bits per heavy atom. The summed E-state index contributed by atoms with van der Waals surface area (Å²) in [4.78, 5) is 15.3. The van der Waals surface area contributed by atoms with Crippen molar-refractivity contribution in [1.82, 2.24) is 4.90 Å². The summed E-state index contributed by atoms with van der Waals surface area (Å²) in [6.07, 6.45) is 0.406. The molecule has 0 unspecified atom stereocenters. The maximum atomic E-state index is 13.4. The number of fused-ring (bicyclic) bond motifs is 1. The topological polar surface area (TPSA) is 69.1 Å². The number of halogens is 2. The van der Waals surface area contributed by atoms with Crippen molar-refractivity contribution in [3.8, 4) is 0 Å². The fraction of sp³-hybridized carbons (Fsp3) is 0.889. The van der Waals surface area contributed by atoms with Gasteiger partial charge in [0.1, 0.15) is 6.54 Å². The average molecular weight is 230 g/mol. The quantitative estimate of drug-likeness (QED) is 0.405. The van der Waals surface area contributed by atoms with Crippen LogP contribution in [0.4, 0.5) is 8.78 Å². The zero-order valence-corrected chi connectivity index (χ0v) is 8.64. The average Bonchev–Trinajstić information content (AvgIpc) is 2.77. The number of carbonyl (C=O) groups is 1. The van der Waals surface area contributed by atoms with Gasteiger partial charge in [0.2, 0.25) is 5.91 Å². The first-order chi connectivity index (χ1) is 7.54. The lowest BCUT2D eigenvalue weighted by atomic mass is 9.99. The van der Waals surface area contributed by atoms with E-state index in [2.05, 4.69) is 10.0 Å². The van der Waals surface area contributed by atoms with Gasteiger partial charge in [0, 0.05) is 30.3 Å². The van der Waals surface area contributed by atoms with Crippen LogP contribution in [0.1, 0.15) is 12.8 Å². The van der Waals surface area contributed by atoms with Crippen molar-refractivity contribution < 1.29 is 13.6 Å². The van der Waals surface area contributed by atoms with Crippen LogP contribution in [-0.4, -0.2) is 36.4 Å². The third-order valence-electron chi connectivity index (χ3n) is 3.45. The molecule has 1 saturated heterocycles. The third kappa shape index (κ3) is 1.82. The van der Waals surface area contributed by atoms with Gasteiger partial charge in [-0.1, -0.05) is 5.11 Å². The summed E-state index contributed by atoms with van der Waals surface area (Å²) in [7, 11) is 0. The molecule has 0 aromatic heterocycles. The van der Waals surface area contributed by atoms with Gasteiger partial charge >= 0.3 is 0 Å². The smallest absolute Gasteiger partial charge is 0.252 e. The van der Waals surface area contributed by atoms with Crippen LogP contribution in [0.5, 0.6) is 0 Å². The SMILES string of the molecule is [N-]=[N+]=NCC(=O)N1C[C@H]2CCC(F)(F)[C@@H]2C1. The minimum absolute atomic E-state index is 0.0687. The van der Waals surface area contributed by atoms with E-state index >= 15 is 0 Å². The minimum atomic E-state index is -2.64. The molecule has 0 aromatic rings. The van der Waals surface area contributed by atoms with Gasteiger partial charge in [-0.15, -0.1) is 0 Å². The first-order valence-electron chi connectivity index (χ1n) is 5.21. The molecule has 2 fully saturated rings. The lowest BCUT2D eigenvalue weighted by Crippen LogP contribution is -2.34. The van der Waals surface area contributed by atoms with Crippen LogP contribution >= 0.6 is 0 Å². The van der Waals surface area contributed by atoms with E-state index in [4.69, 9.17) is 5.53 Å². The Hall–Kier alpha value is -1.36. The Balaban J connectivity index is 1.98. The highest BCUT2D eigenvalue weighted by Crippen LogP contribution is 2.48. The largest absolute Gasteiger partial charge is 0.342 e. The van der Waals surface area contributed by atoms with Gasteiger partial charge in [0.05, 0.1) is 0 Å². The summed E-state index contributed by atoms with van der Waals surface area (Å²) in [5.41, 5.74) is 8.07. The summed E-state index contributed by atoms with van der Waals surface area (Å²) in [5.74, 6) is -3.80. The summed E-state index contributed by atoms with van der Waals surface area (Å²) in [6.45, 7) is 0.193. The van der Waals surface area contributed by atoms with Crippen molar-refractivity contribution in [3.05, 3.63) is 10.4 Å². The van der Waals surface area contributed by atoms with Gasteiger partial charge in [-0.3, -0.25) is 4.79 Å². The number of rotatable bonds is 2. The van der Waals surface area contributed by atoms with E-state index in [1.807, 2.05) is 0 Å². The summed E-state index contributed by atoms with van der Waals surface area (Å²) >= 11 is 0. The van der Waals surface area contributed by atoms with Gasteiger partial charge in [-0.25, -0.2) is 8.78 Å². The highest BCUT2D eigenvalue weighted by atomic mass is 19.3. The van der Waals surface area contributed by atoms with Crippen LogP contribution in [0.15, 0.2) is 5.11 Å². The second-order valence-electron chi connectivity index (χ2n) is 4.35. The van der Waals surface area contributed by atoms with Crippen LogP contribution in [0.3, 0.4) is 0 Å². The van der Waals surface area contributed by atoms with Crippen LogP contribution in [0.2, 0.25) is 0 Å². The molecular formula is C9H12F2N4O. The van der Waals surface area contributed by atoms with E-state index in [9.17, 15) is 13.6 Å². The predicted octanol–water partition coefficient (Wildman–Crippen LogP) is 1.80. The Morgan fingerprint density at radius 2 is 2.31 bits per heavy atom. The maximum absolute atomic E-state index is 13.4. The van der Waals surface area contributed by atoms with Crippen molar-refractivity contribution in [2.75, 3.05) is 19.6 Å². The molecule has 5 nitrogen and oxygen atoms in total. The Labute approximate surface area is 91.0 Å². The van der Waals surface area contributed by atoms with E-state index in [-0.39, 0.29) is 31.3 Å². The number of azide groups is 1. The van der Waals surface area contributed by atoms with Crippen molar-refractivity contribution in [1.29, 1.82) is 0 Å². The number of hydrogen-bond acceptors (Lipinski definition) is 2. The fourth-order valence-electron chi connectivity index (χ4n) is 2.60. The summed E-state index contributed by atoms with van der Waals surface area (Å²) < 4.78 is 26.7. The number of carbonyl (C=O) groups excluding carboxylic acids is 1. The number of hydrogen-bond donors (Lipinski definition) is 0. The molecular weight excluding hydrogens is 218 g/mol. The monoisotopic (exact) mass is 230 g/mol. The zero-order valence-electron chi connectivity index (χ0n) is 8.64. The molecule has 2 aliphatic rings. The molecule has 0 N–H and O–H groups in total. The number of amides is 1. The Morgan fingerprint density at radius 3 is 2.94 bits per heavy atom. The van der Waals surface area contributed by atoms with Crippen molar-refractivity contribution >= 4 is 5.91 Å². The molecule has 1 saturated carbocycles. The normalized spacial score (nSPS) is 31.0. The standard InChI is InChI=1S/C9H12F2N4O/c10-9(11)2-1-6-4-15(5-7(6)9)8(16)3-13-14-12/h6-7H,1-5H2/t6-,7-/m1/s1. The second kappa shape index (κ2) is 3.90. The highest BCUT2D eigenvalue weighted by molar-refractivity contribution is 5.78. The zero-order chi connectivity index (χ0) is 11.8. The van der Waals surface area contributed by atoms with Crippen LogP contribution < -0.4 is 0 Å². The second-order valence-corrected chi connectivity index (χ2v) is 4.35. The lowest BCUT2D eigenvalue weighted by Gasteiger charge is -2.19. The molecule has 0 bridgehead atoms. The molecule has 16 heavy (non-hydrogen) atoms. The first-order valence-corrected chi connectivity index (χ1v) is 5.21. The number of likely N-dealkylation sites (tertiary alicyclic amines) is 1. The minimum Gasteiger partial charge on any atom is -0.342 e. The fourth-order valence-corrected chi connectivity index (χ4v) is 2.60. The molecule has 7 heteroatoms. The highest BCUT2D eigenvalue weighted by Gasteiger charge is 2.54. The van der Waals surface area contributed by atoms with E-state index in [1.165, 1.54) is 4.90 Å². The van der Waals surface area contributed by atoms with Crippen molar-refractivity contribution in [2.24, 2.45) is 17.0 Å². The van der Waals surface area contributed by atoms with Gasteiger partial charge in [0.15, 0.2) is 0 Å². The molecule has 0 spiro atoms. The maximum Gasteiger partial charge on any atom is 0.252 e. The first kappa shape index (κ1) is 11.1. The predicted molar refractivity (Wildman–Crippen MR) is 51.8 cm³/mol. The van der Waals surface area contributed by atoms with Crippen molar-refractivity contribution in [3.63, 3.8) is 0 Å². The Bertz CT molecular complexity index is 353. The van der Waals surface area contributed by atoms with Gasteiger partial charge in [-0.2, -0.15) is 0 Å². The molecule has 88 valence electrons. The molecule has 1 aliphatic heterocycles. The molecule has 2 atom stereocenters. The molecule has 1 amide bonds. The Kier molecular flexibility index (Phi) is 2.71.